The maximum absolute atomic E-state index is 12.6. The van der Waals surface area contributed by atoms with Gasteiger partial charge < -0.3 is 15.3 Å². The van der Waals surface area contributed by atoms with Gasteiger partial charge in [0, 0.05) is 19.5 Å². The van der Waals surface area contributed by atoms with E-state index in [0.717, 1.165) is 5.56 Å². The minimum Gasteiger partial charge on any atom is -0.508 e. The first-order valence-corrected chi connectivity index (χ1v) is 7.31. The molecule has 0 aliphatic carbocycles. The van der Waals surface area contributed by atoms with Crippen molar-refractivity contribution in [3.63, 3.8) is 0 Å². The van der Waals surface area contributed by atoms with Crippen molar-refractivity contribution in [2.75, 3.05) is 6.54 Å². The van der Waals surface area contributed by atoms with Crippen LogP contribution in [0.4, 0.5) is 0 Å². The van der Waals surface area contributed by atoms with Gasteiger partial charge >= 0.3 is 0 Å². The van der Waals surface area contributed by atoms with E-state index in [1.807, 2.05) is 19.9 Å². The summed E-state index contributed by atoms with van der Waals surface area (Å²) < 4.78 is 0. The minimum absolute atomic E-state index is 0.0436. The number of carbonyl (C=O) groups excluding carboxylic acids is 2. The highest BCUT2D eigenvalue weighted by Gasteiger charge is 2.30. The fourth-order valence-corrected chi connectivity index (χ4v) is 2.56. The Hall–Kier alpha value is -2.04. The number of nitrogens with zero attached hydrogens (tertiary/aromatic N) is 1. The van der Waals surface area contributed by atoms with Crippen LogP contribution < -0.4 is 5.32 Å². The minimum atomic E-state index is -0.447. The molecule has 1 saturated heterocycles. The van der Waals surface area contributed by atoms with Crippen LogP contribution in [-0.2, 0) is 16.1 Å². The third kappa shape index (κ3) is 4.21. The highest BCUT2D eigenvalue weighted by atomic mass is 16.3. The second kappa shape index (κ2) is 6.61. The lowest BCUT2D eigenvalue weighted by Crippen LogP contribution is -2.45. The molecule has 0 bridgehead atoms. The zero-order chi connectivity index (χ0) is 15.4. The number of hydrogen-bond acceptors (Lipinski definition) is 3. The summed E-state index contributed by atoms with van der Waals surface area (Å²) in [6.45, 7) is 4.89. The summed E-state index contributed by atoms with van der Waals surface area (Å²) in [5.74, 6) is 0.396. The monoisotopic (exact) mass is 290 g/mol. The number of carbonyl (C=O) groups is 2. The Bertz CT molecular complexity index is 528. The van der Waals surface area contributed by atoms with Gasteiger partial charge in [-0.3, -0.25) is 9.59 Å². The van der Waals surface area contributed by atoms with Crippen LogP contribution >= 0.6 is 0 Å². The van der Waals surface area contributed by atoms with E-state index in [1.54, 1.807) is 23.1 Å². The summed E-state index contributed by atoms with van der Waals surface area (Å²) >= 11 is 0. The fraction of sp³-hybridized carbons (Fsp3) is 0.500. The van der Waals surface area contributed by atoms with E-state index in [0.29, 0.717) is 31.8 Å². The Morgan fingerprint density at radius 3 is 2.81 bits per heavy atom. The SMILES string of the molecule is CC(C)CC1NC(=O)CCN(Cc2cccc(O)c2)C1=O. The molecule has 1 aromatic rings. The molecule has 1 aliphatic rings. The van der Waals surface area contributed by atoms with Gasteiger partial charge in [-0.1, -0.05) is 26.0 Å². The van der Waals surface area contributed by atoms with Gasteiger partial charge in [0.05, 0.1) is 0 Å². The molecule has 5 nitrogen and oxygen atoms in total. The van der Waals surface area contributed by atoms with Gasteiger partial charge in [0.1, 0.15) is 11.8 Å². The predicted octanol–water partition coefficient (Wildman–Crippen LogP) is 1.66. The Balaban J connectivity index is 2.13. The summed E-state index contributed by atoms with van der Waals surface area (Å²) in [7, 11) is 0. The lowest BCUT2D eigenvalue weighted by atomic mass is 10.0. The molecule has 2 N–H and O–H groups in total. The molecule has 2 rings (SSSR count). The topological polar surface area (TPSA) is 69.6 Å². The van der Waals surface area contributed by atoms with E-state index < -0.39 is 6.04 Å². The average Bonchev–Trinajstić information content (AvgIpc) is 2.52. The summed E-state index contributed by atoms with van der Waals surface area (Å²) in [5, 5.41) is 12.3. The smallest absolute Gasteiger partial charge is 0.245 e. The third-order valence-electron chi connectivity index (χ3n) is 3.54. The first kappa shape index (κ1) is 15.4. The number of benzene rings is 1. The first-order chi connectivity index (χ1) is 9.95. The molecule has 0 radical (unpaired) electrons. The molecule has 114 valence electrons. The van der Waals surface area contributed by atoms with E-state index in [1.165, 1.54) is 0 Å². The lowest BCUT2D eigenvalue weighted by molar-refractivity contribution is -0.134. The predicted molar refractivity (Wildman–Crippen MR) is 79.5 cm³/mol. The van der Waals surface area contributed by atoms with Crippen molar-refractivity contribution in [2.24, 2.45) is 5.92 Å². The van der Waals surface area contributed by atoms with Crippen LogP contribution in [0.25, 0.3) is 0 Å². The van der Waals surface area contributed by atoms with E-state index >= 15 is 0 Å². The number of nitrogens with one attached hydrogen (secondary N) is 1. The van der Waals surface area contributed by atoms with Crippen molar-refractivity contribution in [1.29, 1.82) is 0 Å². The van der Waals surface area contributed by atoms with Crippen molar-refractivity contribution in [3.05, 3.63) is 29.8 Å². The van der Waals surface area contributed by atoms with Crippen LogP contribution in [0.5, 0.6) is 5.75 Å². The maximum atomic E-state index is 12.6. The maximum Gasteiger partial charge on any atom is 0.245 e. The fourth-order valence-electron chi connectivity index (χ4n) is 2.56. The lowest BCUT2D eigenvalue weighted by Gasteiger charge is -2.25. The number of amides is 2. The molecule has 1 aliphatic heterocycles. The molecular formula is C16H22N2O3. The van der Waals surface area contributed by atoms with Crippen LogP contribution in [0.2, 0.25) is 0 Å². The molecule has 1 fully saturated rings. The third-order valence-corrected chi connectivity index (χ3v) is 3.54. The molecule has 2 amide bonds. The van der Waals surface area contributed by atoms with Gasteiger partial charge in [-0.25, -0.2) is 0 Å². The number of phenolic OH excluding ortho intramolecular Hbond substituents is 1. The van der Waals surface area contributed by atoms with Crippen LogP contribution in [0.15, 0.2) is 24.3 Å². The summed E-state index contributed by atoms with van der Waals surface area (Å²) in [5.41, 5.74) is 0.862. The van der Waals surface area contributed by atoms with Crippen molar-refractivity contribution in [3.8, 4) is 5.75 Å². The van der Waals surface area contributed by atoms with Crippen LogP contribution in [0.1, 0.15) is 32.3 Å². The van der Waals surface area contributed by atoms with Crippen molar-refractivity contribution < 1.29 is 14.7 Å². The largest absolute Gasteiger partial charge is 0.508 e. The number of phenols is 1. The molecule has 1 unspecified atom stereocenters. The van der Waals surface area contributed by atoms with E-state index in [4.69, 9.17) is 0 Å². The van der Waals surface area contributed by atoms with Gasteiger partial charge in [0.15, 0.2) is 0 Å². The Labute approximate surface area is 125 Å². The Morgan fingerprint density at radius 1 is 1.38 bits per heavy atom. The second-order valence-corrected chi connectivity index (χ2v) is 5.93. The van der Waals surface area contributed by atoms with Gasteiger partial charge in [0.25, 0.3) is 0 Å². The molecule has 1 atom stereocenters. The quantitative estimate of drug-likeness (QED) is 0.886. The Kier molecular flexibility index (Phi) is 4.83. The van der Waals surface area contributed by atoms with Gasteiger partial charge in [-0.15, -0.1) is 0 Å². The van der Waals surface area contributed by atoms with Crippen molar-refractivity contribution in [2.45, 2.75) is 39.3 Å². The van der Waals surface area contributed by atoms with E-state index in [9.17, 15) is 14.7 Å². The molecule has 21 heavy (non-hydrogen) atoms. The van der Waals surface area contributed by atoms with Gasteiger partial charge in [0.2, 0.25) is 11.8 Å². The van der Waals surface area contributed by atoms with E-state index in [2.05, 4.69) is 5.32 Å². The first-order valence-electron chi connectivity index (χ1n) is 7.31. The molecular weight excluding hydrogens is 268 g/mol. The van der Waals surface area contributed by atoms with Gasteiger partial charge in [-0.05, 0) is 30.0 Å². The summed E-state index contributed by atoms with van der Waals surface area (Å²) in [6, 6.07) is 6.41. The molecule has 1 aromatic carbocycles. The van der Waals surface area contributed by atoms with Crippen molar-refractivity contribution in [1.82, 2.24) is 10.2 Å². The standard InChI is InChI=1S/C16H22N2O3/c1-11(2)8-14-16(21)18(7-6-15(20)17-14)10-12-4-3-5-13(19)9-12/h3-5,9,11,14,19H,6-8,10H2,1-2H3,(H,17,20). The number of hydrogen-bond donors (Lipinski definition) is 2. The molecule has 5 heteroatoms. The molecule has 0 aromatic heterocycles. The summed E-state index contributed by atoms with van der Waals surface area (Å²) in [6.07, 6.45) is 0.959. The zero-order valence-corrected chi connectivity index (χ0v) is 12.5. The van der Waals surface area contributed by atoms with Crippen LogP contribution in [0, 0.1) is 5.92 Å². The molecule has 1 heterocycles. The normalized spacial score (nSPS) is 19.6. The number of aromatic hydroxyl groups is 1. The molecule has 0 saturated carbocycles. The molecule has 0 spiro atoms. The van der Waals surface area contributed by atoms with Gasteiger partial charge in [-0.2, -0.15) is 0 Å². The van der Waals surface area contributed by atoms with Crippen LogP contribution in [0.3, 0.4) is 0 Å². The summed E-state index contributed by atoms with van der Waals surface area (Å²) in [4.78, 5) is 26.0. The zero-order valence-electron chi connectivity index (χ0n) is 12.5. The Morgan fingerprint density at radius 2 is 2.14 bits per heavy atom. The number of rotatable bonds is 4. The highest BCUT2D eigenvalue weighted by Crippen LogP contribution is 2.17. The van der Waals surface area contributed by atoms with Crippen LogP contribution in [-0.4, -0.2) is 34.4 Å². The van der Waals surface area contributed by atoms with E-state index in [-0.39, 0.29) is 17.6 Å². The highest BCUT2D eigenvalue weighted by molar-refractivity contribution is 5.89. The second-order valence-electron chi connectivity index (χ2n) is 5.93. The van der Waals surface area contributed by atoms with Crippen molar-refractivity contribution >= 4 is 11.8 Å². The average molecular weight is 290 g/mol.